The Morgan fingerprint density at radius 3 is 2.80 bits per heavy atom. The van der Waals surface area contributed by atoms with Crippen LogP contribution < -0.4 is 16.0 Å². The molecule has 2 aromatic carbocycles. The number of thioether (sulfide) groups is 1. The fourth-order valence-corrected chi connectivity index (χ4v) is 3.42. The Bertz CT molecular complexity index is 574. The number of ether oxygens (including phenoxy) is 1. The highest BCUT2D eigenvalue weighted by molar-refractivity contribution is 7.99. The zero-order valence-electron chi connectivity index (χ0n) is 11.2. The molecule has 1 heterocycles. The lowest BCUT2D eigenvalue weighted by Gasteiger charge is -2.18. The van der Waals surface area contributed by atoms with E-state index in [0.717, 1.165) is 30.1 Å². The van der Waals surface area contributed by atoms with E-state index in [1.165, 1.54) is 10.5 Å². The van der Waals surface area contributed by atoms with Crippen molar-refractivity contribution in [1.82, 2.24) is 5.43 Å². The van der Waals surface area contributed by atoms with E-state index in [0.29, 0.717) is 0 Å². The minimum absolute atomic E-state index is 0.0910. The molecule has 1 aliphatic rings. The molecule has 2 aromatic rings. The van der Waals surface area contributed by atoms with Crippen LogP contribution >= 0.6 is 11.8 Å². The van der Waals surface area contributed by atoms with Crippen molar-refractivity contribution in [3.05, 3.63) is 59.7 Å². The first-order valence-electron chi connectivity index (χ1n) is 6.77. The summed E-state index contributed by atoms with van der Waals surface area (Å²) < 4.78 is 5.76. The number of fused-ring (bicyclic) bond motifs is 1. The van der Waals surface area contributed by atoms with E-state index in [1.807, 2.05) is 6.07 Å². The van der Waals surface area contributed by atoms with E-state index in [9.17, 15) is 0 Å². The predicted octanol–water partition coefficient (Wildman–Crippen LogP) is 2.92. The van der Waals surface area contributed by atoms with Crippen LogP contribution in [0.25, 0.3) is 0 Å². The Balaban J connectivity index is 1.75. The number of rotatable bonds is 5. The SMILES string of the molecule is NNC(CSc1ccccc1)c1cccc2c1OCC2. The van der Waals surface area contributed by atoms with Gasteiger partial charge >= 0.3 is 0 Å². The number of nitrogens with two attached hydrogens (primary N) is 1. The molecule has 3 nitrogen and oxygen atoms in total. The van der Waals surface area contributed by atoms with Gasteiger partial charge in [-0.2, -0.15) is 0 Å². The van der Waals surface area contributed by atoms with Crippen LogP contribution in [0.1, 0.15) is 17.2 Å². The molecule has 0 aliphatic carbocycles. The molecular formula is C16H18N2OS. The molecule has 0 radical (unpaired) electrons. The summed E-state index contributed by atoms with van der Waals surface area (Å²) in [5, 5.41) is 0. The Morgan fingerprint density at radius 2 is 2.00 bits per heavy atom. The van der Waals surface area contributed by atoms with E-state index in [-0.39, 0.29) is 6.04 Å². The van der Waals surface area contributed by atoms with Crippen molar-refractivity contribution in [2.75, 3.05) is 12.4 Å². The first-order chi connectivity index (χ1) is 9.88. The van der Waals surface area contributed by atoms with Crippen molar-refractivity contribution in [1.29, 1.82) is 0 Å². The molecule has 0 saturated heterocycles. The summed E-state index contributed by atoms with van der Waals surface area (Å²) in [6.45, 7) is 0.773. The number of hydrogen-bond donors (Lipinski definition) is 2. The Morgan fingerprint density at radius 1 is 1.15 bits per heavy atom. The molecule has 0 aromatic heterocycles. The third-order valence-electron chi connectivity index (χ3n) is 3.48. The molecule has 104 valence electrons. The van der Waals surface area contributed by atoms with Gasteiger partial charge in [-0.25, -0.2) is 0 Å². The molecule has 3 N–H and O–H groups in total. The van der Waals surface area contributed by atoms with Crippen LogP contribution in [0.5, 0.6) is 5.75 Å². The second-order valence-electron chi connectivity index (χ2n) is 4.78. The predicted molar refractivity (Wildman–Crippen MR) is 82.9 cm³/mol. The van der Waals surface area contributed by atoms with Crippen LogP contribution in [-0.4, -0.2) is 12.4 Å². The third-order valence-corrected chi connectivity index (χ3v) is 4.59. The van der Waals surface area contributed by atoms with Gasteiger partial charge in [0.2, 0.25) is 0 Å². The monoisotopic (exact) mass is 286 g/mol. The normalized spacial score (nSPS) is 14.7. The Kier molecular flexibility index (Phi) is 4.25. The van der Waals surface area contributed by atoms with Crippen LogP contribution in [0.3, 0.4) is 0 Å². The van der Waals surface area contributed by atoms with E-state index in [2.05, 4.69) is 47.9 Å². The maximum absolute atomic E-state index is 5.76. The van der Waals surface area contributed by atoms with Crippen molar-refractivity contribution in [3.63, 3.8) is 0 Å². The topological polar surface area (TPSA) is 47.3 Å². The van der Waals surface area contributed by atoms with Crippen LogP contribution in [-0.2, 0) is 6.42 Å². The van der Waals surface area contributed by atoms with Crippen molar-refractivity contribution in [2.45, 2.75) is 17.4 Å². The van der Waals surface area contributed by atoms with Crippen molar-refractivity contribution in [3.8, 4) is 5.75 Å². The quantitative estimate of drug-likeness (QED) is 0.504. The van der Waals surface area contributed by atoms with Gasteiger partial charge in [-0.1, -0.05) is 36.4 Å². The first-order valence-corrected chi connectivity index (χ1v) is 7.75. The lowest BCUT2D eigenvalue weighted by Crippen LogP contribution is -2.30. The average molecular weight is 286 g/mol. The van der Waals surface area contributed by atoms with Crippen LogP contribution in [0.4, 0.5) is 0 Å². The van der Waals surface area contributed by atoms with E-state index >= 15 is 0 Å². The summed E-state index contributed by atoms with van der Waals surface area (Å²) in [5.41, 5.74) is 5.36. The van der Waals surface area contributed by atoms with Gasteiger partial charge in [-0.15, -0.1) is 11.8 Å². The lowest BCUT2D eigenvalue weighted by atomic mass is 10.0. The number of nitrogens with one attached hydrogen (secondary N) is 1. The van der Waals surface area contributed by atoms with Gasteiger partial charge in [-0.05, 0) is 17.7 Å². The Labute approximate surface area is 123 Å². The zero-order valence-corrected chi connectivity index (χ0v) is 12.0. The maximum atomic E-state index is 5.76. The fourth-order valence-electron chi connectivity index (χ4n) is 2.44. The minimum Gasteiger partial charge on any atom is -0.493 e. The zero-order chi connectivity index (χ0) is 13.8. The highest BCUT2D eigenvalue weighted by atomic mass is 32.2. The van der Waals surface area contributed by atoms with Gasteiger partial charge < -0.3 is 4.74 Å². The van der Waals surface area contributed by atoms with Crippen LogP contribution in [0.2, 0.25) is 0 Å². The first kappa shape index (κ1) is 13.5. The van der Waals surface area contributed by atoms with Gasteiger partial charge in [0.15, 0.2) is 0 Å². The van der Waals surface area contributed by atoms with Crippen molar-refractivity contribution < 1.29 is 4.74 Å². The summed E-state index contributed by atoms with van der Waals surface area (Å²) >= 11 is 1.80. The van der Waals surface area contributed by atoms with Crippen molar-refractivity contribution in [2.24, 2.45) is 5.84 Å². The highest BCUT2D eigenvalue weighted by Crippen LogP contribution is 2.35. The van der Waals surface area contributed by atoms with Crippen LogP contribution in [0, 0.1) is 0 Å². The Hall–Kier alpha value is -1.49. The lowest BCUT2D eigenvalue weighted by molar-refractivity contribution is 0.350. The van der Waals surface area contributed by atoms with Gasteiger partial charge in [0, 0.05) is 22.6 Å². The molecule has 0 bridgehead atoms. The van der Waals surface area contributed by atoms with Gasteiger partial charge in [-0.3, -0.25) is 11.3 Å². The summed E-state index contributed by atoms with van der Waals surface area (Å²) in [7, 11) is 0. The molecule has 3 rings (SSSR count). The second-order valence-corrected chi connectivity index (χ2v) is 5.87. The molecule has 1 atom stereocenters. The number of hydrogen-bond acceptors (Lipinski definition) is 4. The van der Waals surface area contributed by atoms with Gasteiger partial charge in [0.25, 0.3) is 0 Å². The molecule has 20 heavy (non-hydrogen) atoms. The number of benzene rings is 2. The van der Waals surface area contributed by atoms with E-state index in [4.69, 9.17) is 10.6 Å². The van der Waals surface area contributed by atoms with E-state index < -0.39 is 0 Å². The molecule has 1 aliphatic heterocycles. The van der Waals surface area contributed by atoms with Crippen molar-refractivity contribution >= 4 is 11.8 Å². The second kappa shape index (κ2) is 6.31. The number of para-hydroxylation sites is 1. The fraction of sp³-hybridized carbons (Fsp3) is 0.250. The molecule has 0 fully saturated rings. The summed E-state index contributed by atoms with van der Waals surface area (Å²) in [6, 6.07) is 16.8. The summed E-state index contributed by atoms with van der Waals surface area (Å²) in [5.74, 6) is 7.64. The molecule has 0 spiro atoms. The largest absolute Gasteiger partial charge is 0.493 e. The van der Waals surface area contributed by atoms with Crippen LogP contribution in [0.15, 0.2) is 53.4 Å². The van der Waals surface area contributed by atoms with E-state index in [1.54, 1.807) is 11.8 Å². The van der Waals surface area contributed by atoms with Gasteiger partial charge in [0.1, 0.15) is 5.75 Å². The third kappa shape index (κ3) is 2.82. The van der Waals surface area contributed by atoms with Gasteiger partial charge in [0.05, 0.1) is 12.6 Å². The average Bonchev–Trinajstić information content (AvgIpc) is 2.98. The smallest absolute Gasteiger partial charge is 0.127 e. The number of hydrazine groups is 1. The minimum atomic E-state index is 0.0910. The summed E-state index contributed by atoms with van der Waals surface area (Å²) in [6.07, 6.45) is 0.992. The molecule has 4 heteroatoms. The standard InChI is InChI=1S/C16H18N2OS/c17-18-15(11-20-13-6-2-1-3-7-13)14-8-4-5-12-9-10-19-16(12)14/h1-8,15,18H,9-11,17H2. The molecule has 0 saturated carbocycles. The molecular weight excluding hydrogens is 268 g/mol. The summed E-state index contributed by atoms with van der Waals surface area (Å²) in [4.78, 5) is 1.25. The highest BCUT2D eigenvalue weighted by Gasteiger charge is 2.21. The molecule has 0 amide bonds. The molecule has 1 unspecified atom stereocenters. The maximum Gasteiger partial charge on any atom is 0.127 e.